The summed E-state index contributed by atoms with van der Waals surface area (Å²) in [6.45, 7) is 4.59. The molecule has 0 aliphatic heterocycles. The van der Waals surface area contributed by atoms with Gasteiger partial charge in [0.05, 0.1) is 6.54 Å². The van der Waals surface area contributed by atoms with Crippen LogP contribution in [-0.4, -0.2) is 25.0 Å². The molecule has 0 spiro atoms. The molecular weight excluding hydrogens is 128 g/mol. The first-order valence-electron chi connectivity index (χ1n) is 3.14. The number of isocyanates is 1. The van der Waals surface area contributed by atoms with E-state index in [0.29, 0.717) is 6.54 Å². The molecule has 0 aromatic carbocycles. The summed E-state index contributed by atoms with van der Waals surface area (Å²) in [6.07, 6.45) is 3.27. The van der Waals surface area contributed by atoms with Gasteiger partial charge in [0.2, 0.25) is 6.08 Å². The van der Waals surface area contributed by atoms with Crippen molar-refractivity contribution in [1.29, 1.82) is 0 Å². The van der Waals surface area contributed by atoms with E-state index in [1.165, 1.54) is 6.08 Å². The van der Waals surface area contributed by atoms with Gasteiger partial charge in [-0.05, 0) is 25.3 Å². The quantitative estimate of drug-likeness (QED) is 0.317. The van der Waals surface area contributed by atoms with E-state index in [2.05, 4.69) is 22.4 Å². The second-order valence-corrected chi connectivity index (χ2v) is 1.72. The summed E-state index contributed by atoms with van der Waals surface area (Å²) in [6, 6.07) is 0. The lowest BCUT2D eigenvalue weighted by Gasteiger charge is -1.87. The van der Waals surface area contributed by atoms with Crippen molar-refractivity contribution in [2.24, 2.45) is 9.98 Å². The molecule has 10 heavy (non-hydrogen) atoms. The summed E-state index contributed by atoms with van der Waals surface area (Å²) < 4.78 is 0. The lowest BCUT2D eigenvalue weighted by atomic mass is 10.3. The first kappa shape index (κ1) is 8.83. The monoisotopic (exact) mass is 138 g/mol. The third-order valence-corrected chi connectivity index (χ3v) is 0.966. The molecule has 0 atom stereocenters. The lowest BCUT2D eigenvalue weighted by molar-refractivity contribution is 0.562. The largest absolute Gasteiger partial charge is 0.244 e. The normalized spacial score (nSPS) is 7.60. The molecule has 0 radical (unpaired) electrons. The molecule has 0 fully saturated rings. The predicted molar refractivity (Wildman–Crippen MR) is 40.2 cm³/mol. The standard InChI is InChI=1S/C7H10N2O/c1-2-8-5-3-4-6-9-7-10/h1,3-6H2. The molecular formula is C7H10N2O. The highest BCUT2D eigenvalue weighted by molar-refractivity contribution is 5.46. The van der Waals surface area contributed by atoms with Crippen molar-refractivity contribution in [3.63, 3.8) is 0 Å². The topological polar surface area (TPSA) is 41.8 Å². The van der Waals surface area contributed by atoms with Crippen molar-refractivity contribution in [2.75, 3.05) is 13.1 Å². The number of unbranched alkanes of at least 4 members (excludes halogenated alkanes) is 1. The Hall–Kier alpha value is -1.17. The minimum absolute atomic E-state index is 0.552. The fourth-order valence-electron chi connectivity index (χ4n) is 0.506. The van der Waals surface area contributed by atoms with Crippen molar-refractivity contribution in [3.8, 4) is 0 Å². The average Bonchev–Trinajstić information content (AvgIpc) is 1.97. The average molecular weight is 138 g/mol. The molecule has 0 saturated carbocycles. The van der Waals surface area contributed by atoms with Crippen LogP contribution in [0.4, 0.5) is 0 Å². The SMILES string of the molecule is C=C=NCCCCN=C=O. The molecule has 0 bridgehead atoms. The molecule has 0 aromatic rings. The van der Waals surface area contributed by atoms with Crippen LogP contribution in [0.25, 0.3) is 0 Å². The van der Waals surface area contributed by atoms with Crippen LogP contribution in [-0.2, 0) is 4.79 Å². The first-order chi connectivity index (χ1) is 4.91. The number of rotatable bonds is 5. The molecule has 0 aliphatic carbocycles. The second kappa shape index (κ2) is 7.83. The molecule has 0 saturated heterocycles. The molecule has 3 heteroatoms. The maximum atomic E-state index is 9.56. The molecule has 3 nitrogen and oxygen atoms in total. The summed E-state index contributed by atoms with van der Waals surface area (Å²) in [5.74, 6) is 2.43. The van der Waals surface area contributed by atoms with Gasteiger partial charge in [-0.15, -0.1) is 0 Å². The Morgan fingerprint density at radius 2 is 1.80 bits per heavy atom. The van der Waals surface area contributed by atoms with Crippen LogP contribution in [0.3, 0.4) is 0 Å². The Labute approximate surface area is 60.2 Å². The molecule has 0 N–H and O–H groups in total. The van der Waals surface area contributed by atoms with Crippen LogP contribution >= 0.6 is 0 Å². The van der Waals surface area contributed by atoms with Crippen molar-refractivity contribution >= 4 is 11.9 Å². The molecule has 0 aromatic heterocycles. The van der Waals surface area contributed by atoms with E-state index in [0.717, 1.165) is 19.4 Å². The van der Waals surface area contributed by atoms with E-state index in [1.54, 1.807) is 0 Å². The van der Waals surface area contributed by atoms with Gasteiger partial charge in [-0.1, -0.05) is 0 Å². The Bertz CT molecular complexity index is 144. The molecule has 0 amide bonds. The van der Waals surface area contributed by atoms with E-state index >= 15 is 0 Å². The van der Waals surface area contributed by atoms with Gasteiger partial charge in [0.1, 0.15) is 0 Å². The number of aliphatic imine (C=N–C) groups is 2. The highest BCUT2D eigenvalue weighted by atomic mass is 16.1. The highest BCUT2D eigenvalue weighted by Crippen LogP contribution is 1.88. The van der Waals surface area contributed by atoms with Crippen LogP contribution < -0.4 is 0 Å². The number of hydrogen-bond acceptors (Lipinski definition) is 3. The third kappa shape index (κ3) is 6.83. The Balaban J connectivity index is 3.04. The van der Waals surface area contributed by atoms with Gasteiger partial charge in [0.15, 0.2) is 0 Å². The van der Waals surface area contributed by atoms with Crippen molar-refractivity contribution in [3.05, 3.63) is 6.58 Å². The predicted octanol–water partition coefficient (Wildman–Crippen LogP) is 0.958. The summed E-state index contributed by atoms with van der Waals surface area (Å²) >= 11 is 0. The zero-order valence-electron chi connectivity index (χ0n) is 5.84. The summed E-state index contributed by atoms with van der Waals surface area (Å²) in [5, 5.41) is 0. The van der Waals surface area contributed by atoms with E-state index < -0.39 is 0 Å². The van der Waals surface area contributed by atoms with Crippen molar-refractivity contribution < 1.29 is 4.79 Å². The van der Waals surface area contributed by atoms with Crippen LogP contribution in [0.15, 0.2) is 16.6 Å². The highest BCUT2D eigenvalue weighted by Gasteiger charge is 1.82. The van der Waals surface area contributed by atoms with Gasteiger partial charge in [0, 0.05) is 6.54 Å². The Morgan fingerprint density at radius 3 is 2.30 bits per heavy atom. The summed E-state index contributed by atoms with van der Waals surface area (Å²) in [7, 11) is 0. The van der Waals surface area contributed by atoms with E-state index in [1.807, 2.05) is 0 Å². The minimum atomic E-state index is 0.552. The second-order valence-electron chi connectivity index (χ2n) is 1.72. The lowest BCUT2D eigenvalue weighted by Crippen LogP contribution is -1.84. The Kier molecular flexibility index (Phi) is 6.91. The first-order valence-corrected chi connectivity index (χ1v) is 3.14. The number of nitrogens with zero attached hydrogens (tertiary/aromatic N) is 2. The fourth-order valence-corrected chi connectivity index (χ4v) is 0.506. The third-order valence-electron chi connectivity index (χ3n) is 0.966. The maximum absolute atomic E-state index is 9.56. The number of hydrogen-bond donors (Lipinski definition) is 0. The van der Waals surface area contributed by atoms with Crippen LogP contribution in [0.5, 0.6) is 0 Å². The van der Waals surface area contributed by atoms with Gasteiger partial charge in [-0.25, -0.2) is 14.8 Å². The molecule has 0 heterocycles. The molecule has 0 aliphatic rings. The smallest absolute Gasteiger partial charge is 0.234 e. The summed E-state index contributed by atoms with van der Waals surface area (Å²) in [5.41, 5.74) is 0. The van der Waals surface area contributed by atoms with E-state index in [4.69, 9.17) is 0 Å². The van der Waals surface area contributed by atoms with Gasteiger partial charge in [0.25, 0.3) is 0 Å². The van der Waals surface area contributed by atoms with Gasteiger partial charge >= 0.3 is 0 Å². The van der Waals surface area contributed by atoms with Gasteiger partial charge in [-0.2, -0.15) is 0 Å². The Morgan fingerprint density at radius 1 is 1.20 bits per heavy atom. The molecule has 0 unspecified atom stereocenters. The molecule has 0 rings (SSSR count). The van der Waals surface area contributed by atoms with Crippen LogP contribution in [0.1, 0.15) is 12.8 Å². The van der Waals surface area contributed by atoms with E-state index in [9.17, 15) is 4.79 Å². The molecule has 54 valence electrons. The van der Waals surface area contributed by atoms with Gasteiger partial charge < -0.3 is 0 Å². The van der Waals surface area contributed by atoms with Crippen molar-refractivity contribution in [2.45, 2.75) is 12.8 Å². The summed E-state index contributed by atoms with van der Waals surface area (Å²) in [4.78, 5) is 16.7. The zero-order valence-corrected chi connectivity index (χ0v) is 5.84. The van der Waals surface area contributed by atoms with Crippen LogP contribution in [0.2, 0.25) is 0 Å². The number of carbonyl (C=O) groups excluding carboxylic acids is 1. The maximum Gasteiger partial charge on any atom is 0.234 e. The zero-order chi connectivity index (χ0) is 7.66. The van der Waals surface area contributed by atoms with Crippen LogP contribution in [0, 0.1) is 0 Å². The van der Waals surface area contributed by atoms with Crippen molar-refractivity contribution in [1.82, 2.24) is 0 Å². The van der Waals surface area contributed by atoms with E-state index in [-0.39, 0.29) is 0 Å². The van der Waals surface area contributed by atoms with Gasteiger partial charge in [-0.3, -0.25) is 0 Å². The minimum Gasteiger partial charge on any atom is -0.244 e. The fraction of sp³-hybridized carbons (Fsp3) is 0.571.